The van der Waals surface area contributed by atoms with Crippen LogP contribution in [0.1, 0.15) is 92.9 Å². The highest BCUT2D eigenvalue weighted by molar-refractivity contribution is 6.10. The molecule has 0 bridgehead atoms. The first-order valence-electron chi connectivity index (χ1n) is 26.9. The Kier molecular flexibility index (Phi) is 9.93. The van der Waals surface area contributed by atoms with Crippen molar-refractivity contribution in [1.82, 2.24) is 9.55 Å². The SMILES string of the molecule is [2H]C([2H])([2H])c1cc(C(C)(C)c2ccccc2)cc(C)c1-c1ccnc(-n2c3ccccc3c3ccc(Oc4cc(N5CN(c6cc(C(C)(C)C)cc(C(C)(C)C)c6)c6ccccc65)cc5c4oc4ccccc45)cc32)c1. The standard InChI is InChI=1S/C67H62N4O2/c1-42-32-48(67(9,10)45-20-12-11-13-21-45)33-43(2)63(42)44-30-31-68-62(34-44)71-56-24-16-14-22-52(56)53-29-28-51(40-59(53)71)72-61-39-50(38-55-54-23-15-19-27-60(54)73-64(55)61)70-41-69(57-25-17-18-26-58(57)70)49-36-46(65(3,4)5)35-47(37-49)66(6,7)8/h11-40H,41H2,1-10H3/i1D3. The van der Waals surface area contributed by atoms with Crippen molar-refractivity contribution in [1.29, 1.82) is 0 Å². The molecular formula is C67H62N4O2. The van der Waals surface area contributed by atoms with Crippen LogP contribution in [0.3, 0.4) is 0 Å². The second kappa shape index (κ2) is 17.0. The first kappa shape index (κ1) is 42.6. The Bertz CT molecular complexity index is 4050. The minimum Gasteiger partial charge on any atom is -0.453 e. The number of benzene rings is 8. The van der Waals surface area contributed by atoms with Gasteiger partial charge in [-0.15, -0.1) is 0 Å². The number of aryl methyl sites for hydroxylation is 2. The second-order valence-corrected chi connectivity index (χ2v) is 22.4. The van der Waals surface area contributed by atoms with Gasteiger partial charge in [-0.1, -0.05) is 152 Å². The summed E-state index contributed by atoms with van der Waals surface area (Å²) in [6.45, 7) is 18.3. The molecule has 0 unspecified atom stereocenters. The van der Waals surface area contributed by atoms with Crippen molar-refractivity contribution >= 4 is 66.5 Å². The molecule has 6 heteroatoms. The van der Waals surface area contributed by atoms with Crippen LogP contribution in [0.2, 0.25) is 0 Å². The molecule has 0 amide bonds. The third-order valence-corrected chi connectivity index (χ3v) is 15.1. The molecule has 0 spiro atoms. The van der Waals surface area contributed by atoms with Crippen molar-refractivity contribution in [2.75, 3.05) is 16.5 Å². The topological polar surface area (TPSA) is 46.7 Å². The van der Waals surface area contributed by atoms with Crippen molar-refractivity contribution in [2.24, 2.45) is 0 Å². The van der Waals surface area contributed by atoms with Gasteiger partial charge in [0.2, 0.25) is 0 Å². The van der Waals surface area contributed by atoms with Crippen LogP contribution >= 0.6 is 0 Å². The highest BCUT2D eigenvalue weighted by atomic mass is 16.5. The second-order valence-electron chi connectivity index (χ2n) is 22.4. The summed E-state index contributed by atoms with van der Waals surface area (Å²) >= 11 is 0. The molecule has 0 saturated carbocycles. The maximum absolute atomic E-state index is 8.85. The molecule has 8 aromatic carbocycles. The first-order valence-corrected chi connectivity index (χ1v) is 25.4. The van der Waals surface area contributed by atoms with Crippen LogP contribution < -0.4 is 14.5 Å². The number of fused-ring (bicyclic) bond motifs is 7. The lowest BCUT2D eigenvalue weighted by molar-refractivity contribution is 0.477. The van der Waals surface area contributed by atoms with Crippen molar-refractivity contribution < 1.29 is 13.3 Å². The lowest BCUT2D eigenvalue weighted by atomic mass is 9.76. The van der Waals surface area contributed by atoms with E-state index in [1.54, 1.807) is 6.20 Å². The molecule has 11 aromatic rings. The van der Waals surface area contributed by atoms with E-state index in [4.69, 9.17) is 18.3 Å². The zero-order valence-corrected chi connectivity index (χ0v) is 43.1. The van der Waals surface area contributed by atoms with E-state index in [0.717, 1.165) is 83.2 Å². The van der Waals surface area contributed by atoms with Crippen LogP contribution in [0, 0.1) is 13.8 Å². The summed E-state index contributed by atoms with van der Waals surface area (Å²) in [5.74, 6) is 1.88. The lowest BCUT2D eigenvalue weighted by Gasteiger charge is -2.29. The zero-order chi connectivity index (χ0) is 53.1. The number of rotatable bonds is 8. The summed E-state index contributed by atoms with van der Waals surface area (Å²) in [6.07, 6.45) is 1.78. The molecule has 0 atom stereocenters. The predicted molar refractivity (Wildman–Crippen MR) is 305 cm³/mol. The van der Waals surface area contributed by atoms with Gasteiger partial charge in [-0.25, -0.2) is 4.98 Å². The average molecular weight is 958 g/mol. The van der Waals surface area contributed by atoms with Gasteiger partial charge in [0.15, 0.2) is 11.3 Å². The fourth-order valence-electron chi connectivity index (χ4n) is 10.9. The van der Waals surface area contributed by atoms with Crippen LogP contribution in [0.15, 0.2) is 187 Å². The number of hydrogen-bond donors (Lipinski definition) is 0. The normalized spacial score (nSPS) is 14.0. The van der Waals surface area contributed by atoms with Crippen molar-refractivity contribution in [3.8, 4) is 28.4 Å². The molecule has 3 aromatic heterocycles. The molecule has 6 nitrogen and oxygen atoms in total. The summed E-state index contributed by atoms with van der Waals surface area (Å²) in [6, 6.07) is 61.0. The summed E-state index contributed by atoms with van der Waals surface area (Å²) in [5, 5.41) is 4.06. The zero-order valence-electron chi connectivity index (χ0n) is 46.1. The summed E-state index contributed by atoms with van der Waals surface area (Å²) in [7, 11) is 0. The molecule has 0 radical (unpaired) electrons. The molecule has 362 valence electrons. The minimum absolute atomic E-state index is 0.0369. The van der Waals surface area contributed by atoms with E-state index in [1.807, 2.05) is 67.6 Å². The van der Waals surface area contributed by atoms with Crippen LogP contribution in [0.25, 0.3) is 60.7 Å². The maximum Gasteiger partial charge on any atom is 0.178 e. The lowest BCUT2D eigenvalue weighted by Crippen LogP contribution is -2.25. The molecule has 4 heterocycles. The highest BCUT2D eigenvalue weighted by Gasteiger charge is 2.32. The van der Waals surface area contributed by atoms with Gasteiger partial charge >= 0.3 is 0 Å². The van der Waals surface area contributed by atoms with Gasteiger partial charge in [0.1, 0.15) is 23.8 Å². The number of para-hydroxylation sites is 4. The van der Waals surface area contributed by atoms with Gasteiger partial charge < -0.3 is 19.0 Å². The van der Waals surface area contributed by atoms with Gasteiger partial charge in [0, 0.05) is 60.8 Å². The molecule has 1 aliphatic heterocycles. The van der Waals surface area contributed by atoms with Crippen LogP contribution in [-0.4, -0.2) is 16.2 Å². The Morgan fingerprint density at radius 3 is 1.88 bits per heavy atom. The van der Waals surface area contributed by atoms with E-state index in [1.165, 1.54) is 11.1 Å². The van der Waals surface area contributed by atoms with Gasteiger partial charge in [0.25, 0.3) is 0 Å². The number of ether oxygens (including phenoxy) is 1. The number of furan rings is 1. The summed E-state index contributed by atoms with van der Waals surface area (Å²) in [5.41, 5.74) is 14.5. The number of anilines is 4. The highest BCUT2D eigenvalue weighted by Crippen LogP contribution is 2.49. The number of pyridine rings is 1. The average Bonchev–Trinajstić information content (AvgIpc) is 4.10. The van der Waals surface area contributed by atoms with Gasteiger partial charge in [-0.05, 0) is 136 Å². The molecule has 12 rings (SSSR count). The predicted octanol–water partition coefficient (Wildman–Crippen LogP) is 18.3. The Morgan fingerprint density at radius 1 is 0.534 bits per heavy atom. The van der Waals surface area contributed by atoms with E-state index in [9.17, 15) is 0 Å². The van der Waals surface area contributed by atoms with E-state index in [0.29, 0.717) is 40.7 Å². The Balaban J connectivity index is 0.972. The Hall–Kier alpha value is -8.09. The maximum atomic E-state index is 8.85. The molecule has 0 saturated heterocycles. The Labute approximate surface area is 433 Å². The smallest absolute Gasteiger partial charge is 0.178 e. The van der Waals surface area contributed by atoms with E-state index < -0.39 is 12.3 Å². The van der Waals surface area contributed by atoms with Crippen molar-refractivity contribution in [2.45, 2.75) is 85.4 Å². The third kappa shape index (κ3) is 7.92. The number of hydrogen-bond acceptors (Lipinski definition) is 5. The quantitative estimate of drug-likeness (QED) is 0.152. The van der Waals surface area contributed by atoms with Crippen LogP contribution in [0.4, 0.5) is 22.7 Å². The molecule has 0 fully saturated rings. The fourth-order valence-corrected chi connectivity index (χ4v) is 10.9. The first-order chi connectivity index (χ1) is 36.2. The molecule has 0 N–H and O–H groups in total. The van der Waals surface area contributed by atoms with E-state index >= 15 is 0 Å². The van der Waals surface area contributed by atoms with Gasteiger partial charge in [0.05, 0.1) is 22.4 Å². The molecule has 0 aliphatic carbocycles. The van der Waals surface area contributed by atoms with Gasteiger partial charge in [-0.3, -0.25) is 4.57 Å². The monoisotopic (exact) mass is 958 g/mol. The number of aromatic nitrogens is 2. The number of nitrogens with zero attached hydrogens (tertiary/aromatic N) is 4. The van der Waals surface area contributed by atoms with E-state index in [2.05, 4.69) is 185 Å². The molecule has 73 heavy (non-hydrogen) atoms. The summed E-state index contributed by atoms with van der Waals surface area (Å²) < 4.78 is 42.5. The van der Waals surface area contributed by atoms with E-state index in [-0.39, 0.29) is 10.8 Å². The molecular weight excluding hydrogens is 893 g/mol. The largest absolute Gasteiger partial charge is 0.453 e. The van der Waals surface area contributed by atoms with Crippen LogP contribution in [-0.2, 0) is 16.2 Å². The summed E-state index contributed by atoms with van der Waals surface area (Å²) in [4.78, 5) is 9.80. The third-order valence-electron chi connectivity index (χ3n) is 15.1. The molecule has 1 aliphatic rings. The Morgan fingerprint density at radius 2 is 1.16 bits per heavy atom. The fraction of sp³-hybridized carbons (Fsp3) is 0.209. The van der Waals surface area contributed by atoms with Crippen LogP contribution in [0.5, 0.6) is 11.5 Å². The van der Waals surface area contributed by atoms with Gasteiger partial charge in [-0.2, -0.15) is 0 Å². The van der Waals surface area contributed by atoms with Crippen molar-refractivity contribution in [3.63, 3.8) is 0 Å². The van der Waals surface area contributed by atoms with Crippen molar-refractivity contribution in [3.05, 3.63) is 216 Å². The minimum atomic E-state index is -2.38.